The van der Waals surface area contributed by atoms with Gasteiger partial charge in [-0.25, -0.2) is 0 Å². The molecule has 1 heterocycles. The highest BCUT2D eigenvalue weighted by atomic mass is 16.2. The lowest BCUT2D eigenvalue weighted by Crippen LogP contribution is -2.30. The van der Waals surface area contributed by atoms with Gasteiger partial charge in [0, 0.05) is 25.6 Å². The quantitative estimate of drug-likeness (QED) is 0.930. The van der Waals surface area contributed by atoms with Crippen LogP contribution in [0.4, 0.5) is 0 Å². The van der Waals surface area contributed by atoms with E-state index in [0.29, 0.717) is 6.42 Å². The molecular formula is C17H20N2O. The van der Waals surface area contributed by atoms with E-state index in [0.717, 1.165) is 31.5 Å². The smallest absolute Gasteiger partial charge is 0.224 e. The van der Waals surface area contributed by atoms with Crippen molar-refractivity contribution >= 4 is 16.7 Å². The summed E-state index contributed by atoms with van der Waals surface area (Å²) >= 11 is 0. The maximum Gasteiger partial charge on any atom is 0.224 e. The number of likely N-dealkylation sites (tertiary alicyclic amines) is 1. The van der Waals surface area contributed by atoms with E-state index in [1.54, 1.807) is 0 Å². The first-order valence-electron chi connectivity index (χ1n) is 7.26. The molecule has 1 unspecified atom stereocenters. The van der Waals surface area contributed by atoms with Crippen molar-refractivity contribution in [1.29, 1.82) is 0 Å². The minimum Gasteiger partial charge on any atom is -0.343 e. The van der Waals surface area contributed by atoms with Crippen LogP contribution in [0.1, 0.15) is 30.9 Å². The van der Waals surface area contributed by atoms with E-state index in [4.69, 9.17) is 5.73 Å². The Labute approximate surface area is 119 Å². The van der Waals surface area contributed by atoms with Crippen molar-refractivity contribution in [2.75, 3.05) is 13.1 Å². The molecule has 3 nitrogen and oxygen atoms in total. The third-order valence-electron chi connectivity index (χ3n) is 4.05. The highest BCUT2D eigenvalue weighted by Gasteiger charge is 2.20. The number of benzene rings is 2. The Kier molecular flexibility index (Phi) is 3.70. The molecule has 3 rings (SSSR count). The molecule has 3 heteroatoms. The van der Waals surface area contributed by atoms with Crippen molar-refractivity contribution < 1.29 is 4.79 Å². The number of nitrogens with zero attached hydrogens (tertiary/aromatic N) is 1. The van der Waals surface area contributed by atoms with Crippen LogP contribution >= 0.6 is 0 Å². The van der Waals surface area contributed by atoms with Crippen LogP contribution in [0.25, 0.3) is 10.8 Å². The number of fused-ring (bicyclic) bond motifs is 1. The molecule has 0 saturated carbocycles. The van der Waals surface area contributed by atoms with Gasteiger partial charge < -0.3 is 10.6 Å². The average molecular weight is 268 g/mol. The molecule has 0 aliphatic carbocycles. The Balaban J connectivity index is 1.74. The highest BCUT2D eigenvalue weighted by Crippen LogP contribution is 2.22. The molecule has 20 heavy (non-hydrogen) atoms. The molecule has 1 aliphatic heterocycles. The van der Waals surface area contributed by atoms with Crippen LogP contribution in [0.15, 0.2) is 42.5 Å². The summed E-state index contributed by atoms with van der Waals surface area (Å²) in [5.74, 6) is 0.183. The average Bonchev–Trinajstić information content (AvgIpc) is 3.01. The molecule has 2 N–H and O–H groups in total. The lowest BCUT2D eigenvalue weighted by Gasteiger charge is -2.18. The first-order valence-corrected chi connectivity index (χ1v) is 7.26. The molecule has 0 spiro atoms. The molecule has 2 aromatic carbocycles. The van der Waals surface area contributed by atoms with Crippen LogP contribution in [0.2, 0.25) is 0 Å². The minimum atomic E-state index is -0.215. The molecule has 0 radical (unpaired) electrons. The van der Waals surface area contributed by atoms with Crippen molar-refractivity contribution in [3.8, 4) is 0 Å². The molecule has 0 bridgehead atoms. The van der Waals surface area contributed by atoms with Gasteiger partial charge in [0.05, 0.1) is 0 Å². The zero-order valence-corrected chi connectivity index (χ0v) is 11.6. The first kappa shape index (κ1) is 13.1. The summed E-state index contributed by atoms with van der Waals surface area (Å²) < 4.78 is 0. The summed E-state index contributed by atoms with van der Waals surface area (Å²) in [5, 5.41) is 2.38. The molecule has 0 aromatic heterocycles. The Hall–Kier alpha value is -1.87. The SMILES string of the molecule is NC(CC(=O)N1CCCC1)c1ccc2ccccc2c1. The van der Waals surface area contributed by atoms with Gasteiger partial charge >= 0.3 is 0 Å². The van der Waals surface area contributed by atoms with Crippen molar-refractivity contribution in [2.24, 2.45) is 5.73 Å². The predicted octanol–water partition coefficient (Wildman–Crippen LogP) is 2.85. The largest absolute Gasteiger partial charge is 0.343 e. The second-order valence-electron chi connectivity index (χ2n) is 5.51. The van der Waals surface area contributed by atoms with E-state index in [-0.39, 0.29) is 11.9 Å². The van der Waals surface area contributed by atoms with Gasteiger partial charge in [0.1, 0.15) is 0 Å². The molecule has 1 atom stereocenters. The van der Waals surface area contributed by atoms with Crippen molar-refractivity contribution in [3.05, 3.63) is 48.0 Å². The van der Waals surface area contributed by atoms with E-state index >= 15 is 0 Å². The fourth-order valence-electron chi connectivity index (χ4n) is 2.84. The second kappa shape index (κ2) is 5.63. The lowest BCUT2D eigenvalue weighted by atomic mass is 10.00. The number of amides is 1. The van der Waals surface area contributed by atoms with Gasteiger partial charge in [-0.1, -0.05) is 36.4 Å². The van der Waals surface area contributed by atoms with E-state index < -0.39 is 0 Å². The molecule has 104 valence electrons. The van der Waals surface area contributed by atoms with Crippen LogP contribution in [0.3, 0.4) is 0 Å². The van der Waals surface area contributed by atoms with Gasteiger partial charge in [0.25, 0.3) is 0 Å². The predicted molar refractivity (Wildman–Crippen MR) is 81.3 cm³/mol. The first-order chi connectivity index (χ1) is 9.74. The number of carbonyl (C=O) groups excluding carboxylic acids is 1. The normalized spacial score (nSPS) is 16.6. The summed E-state index contributed by atoms with van der Waals surface area (Å²) in [6, 6.07) is 14.2. The number of hydrogen-bond acceptors (Lipinski definition) is 2. The van der Waals surface area contributed by atoms with E-state index in [2.05, 4.69) is 24.3 Å². The van der Waals surface area contributed by atoms with E-state index in [9.17, 15) is 4.79 Å². The summed E-state index contributed by atoms with van der Waals surface area (Å²) in [6.07, 6.45) is 2.65. The maximum absolute atomic E-state index is 12.1. The Morgan fingerprint density at radius 2 is 1.80 bits per heavy atom. The topological polar surface area (TPSA) is 46.3 Å². The standard InChI is InChI=1S/C17H20N2O/c18-16(12-17(20)19-9-3-4-10-19)15-8-7-13-5-1-2-6-14(13)11-15/h1-2,5-8,11,16H,3-4,9-10,12,18H2. The Bertz CT molecular complexity index is 617. The number of carbonyl (C=O) groups is 1. The summed E-state index contributed by atoms with van der Waals surface area (Å²) in [5.41, 5.74) is 7.25. The van der Waals surface area contributed by atoms with Gasteiger partial charge in [0.15, 0.2) is 0 Å². The van der Waals surface area contributed by atoms with Gasteiger partial charge in [-0.3, -0.25) is 4.79 Å². The minimum absolute atomic E-state index is 0.183. The van der Waals surface area contributed by atoms with Crippen molar-refractivity contribution in [2.45, 2.75) is 25.3 Å². The van der Waals surface area contributed by atoms with Crippen LogP contribution in [-0.4, -0.2) is 23.9 Å². The second-order valence-corrected chi connectivity index (χ2v) is 5.51. The highest BCUT2D eigenvalue weighted by molar-refractivity contribution is 5.83. The third kappa shape index (κ3) is 2.68. The van der Waals surface area contributed by atoms with Crippen molar-refractivity contribution in [3.63, 3.8) is 0 Å². The van der Waals surface area contributed by atoms with Gasteiger partial charge in [-0.2, -0.15) is 0 Å². The molecule has 1 fully saturated rings. The van der Waals surface area contributed by atoms with Crippen LogP contribution in [0.5, 0.6) is 0 Å². The molecule has 1 amide bonds. The van der Waals surface area contributed by atoms with Crippen LogP contribution in [-0.2, 0) is 4.79 Å². The summed E-state index contributed by atoms with van der Waals surface area (Å²) in [4.78, 5) is 14.1. The van der Waals surface area contributed by atoms with E-state index in [1.165, 1.54) is 10.8 Å². The summed E-state index contributed by atoms with van der Waals surface area (Å²) in [7, 11) is 0. The monoisotopic (exact) mass is 268 g/mol. The zero-order chi connectivity index (χ0) is 13.9. The number of nitrogens with two attached hydrogens (primary N) is 1. The fourth-order valence-corrected chi connectivity index (χ4v) is 2.84. The Morgan fingerprint density at radius 3 is 2.55 bits per heavy atom. The third-order valence-corrected chi connectivity index (χ3v) is 4.05. The van der Waals surface area contributed by atoms with Crippen LogP contribution in [0, 0.1) is 0 Å². The van der Waals surface area contributed by atoms with Crippen molar-refractivity contribution in [1.82, 2.24) is 4.90 Å². The van der Waals surface area contributed by atoms with Gasteiger partial charge in [0.2, 0.25) is 5.91 Å². The van der Waals surface area contributed by atoms with Gasteiger partial charge in [-0.15, -0.1) is 0 Å². The molecule has 1 saturated heterocycles. The van der Waals surface area contributed by atoms with E-state index in [1.807, 2.05) is 23.1 Å². The summed E-state index contributed by atoms with van der Waals surface area (Å²) in [6.45, 7) is 1.78. The van der Waals surface area contributed by atoms with Gasteiger partial charge in [-0.05, 0) is 35.2 Å². The molecule has 2 aromatic rings. The fraction of sp³-hybridized carbons (Fsp3) is 0.353. The molecule has 1 aliphatic rings. The number of rotatable bonds is 3. The molecular weight excluding hydrogens is 248 g/mol. The lowest BCUT2D eigenvalue weighted by molar-refractivity contribution is -0.130. The zero-order valence-electron chi connectivity index (χ0n) is 11.6. The Morgan fingerprint density at radius 1 is 1.10 bits per heavy atom. The number of hydrogen-bond donors (Lipinski definition) is 1. The van der Waals surface area contributed by atoms with Crippen LogP contribution < -0.4 is 5.73 Å². The maximum atomic E-state index is 12.1.